The lowest BCUT2D eigenvalue weighted by molar-refractivity contribution is -0.122. The molecule has 0 bridgehead atoms. The molecule has 0 radical (unpaired) electrons. The van der Waals surface area contributed by atoms with Crippen molar-refractivity contribution in [2.24, 2.45) is 5.92 Å². The molecule has 2 unspecified atom stereocenters. The van der Waals surface area contributed by atoms with E-state index in [9.17, 15) is 19.2 Å². The predicted octanol–water partition coefficient (Wildman–Crippen LogP) is 5.57. The highest BCUT2D eigenvalue weighted by Crippen LogP contribution is 2.54. The number of thioether (sulfide) groups is 1. The third kappa shape index (κ3) is 4.36. The number of rotatable bonds is 6. The van der Waals surface area contributed by atoms with Crippen molar-refractivity contribution in [2.45, 2.75) is 22.7 Å². The van der Waals surface area contributed by atoms with E-state index in [1.807, 2.05) is 60.0 Å². The molecular formula is C31H23N3O5S3. The number of nitrogens with one attached hydrogen (secondary N) is 1. The van der Waals surface area contributed by atoms with Gasteiger partial charge < -0.3 is 10.1 Å². The SMILES string of the molecule is COc1ccc(N2C(=O)C3Sc4c(sc(=O)n4CC(=O)Nc4cccc5ccccc45)[C@H](c4cccs4)C3C2=O)cc1. The van der Waals surface area contributed by atoms with Gasteiger partial charge in [0.05, 0.1) is 23.7 Å². The Bertz CT molecular complexity index is 1910. The highest BCUT2D eigenvalue weighted by molar-refractivity contribution is 8.00. The summed E-state index contributed by atoms with van der Waals surface area (Å²) in [7, 11) is 1.55. The van der Waals surface area contributed by atoms with Crippen LogP contribution < -0.4 is 19.8 Å². The van der Waals surface area contributed by atoms with Gasteiger partial charge >= 0.3 is 4.87 Å². The first-order chi connectivity index (χ1) is 20.4. The topological polar surface area (TPSA) is 97.7 Å². The van der Waals surface area contributed by atoms with Crippen molar-refractivity contribution in [2.75, 3.05) is 17.3 Å². The second-order valence-corrected chi connectivity index (χ2v) is 13.1. The second kappa shape index (κ2) is 10.6. The molecule has 42 heavy (non-hydrogen) atoms. The number of hydrogen-bond donors (Lipinski definition) is 1. The molecule has 1 N–H and O–H groups in total. The van der Waals surface area contributed by atoms with E-state index < -0.39 is 17.1 Å². The molecule has 3 amide bonds. The Balaban J connectivity index is 1.24. The number of ether oxygens (including phenoxy) is 1. The van der Waals surface area contributed by atoms with Crippen LogP contribution in [0.25, 0.3) is 10.8 Å². The molecule has 7 rings (SSSR count). The fraction of sp³-hybridized carbons (Fsp3) is 0.161. The Morgan fingerprint density at radius 3 is 2.48 bits per heavy atom. The van der Waals surface area contributed by atoms with Crippen molar-refractivity contribution in [3.63, 3.8) is 0 Å². The fourth-order valence-corrected chi connectivity index (χ4v) is 9.40. The molecule has 2 aliphatic rings. The van der Waals surface area contributed by atoms with Gasteiger partial charge in [-0.1, -0.05) is 65.6 Å². The number of aromatic nitrogens is 1. The minimum atomic E-state index is -0.736. The van der Waals surface area contributed by atoms with E-state index in [4.69, 9.17) is 4.74 Å². The number of carbonyl (C=O) groups is 3. The summed E-state index contributed by atoms with van der Waals surface area (Å²) in [6.07, 6.45) is 0. The lowest BCUT2D eigenvalue weighted by Crippen LogP contribution is -2.32. The van der Waals surface area contributed by atoms with Gasteiger partial charge in [-0.2, -0.15) is 0 Å². The van der Waals surface area contributed by atoms with Gasteiger partial charge in [-0.25, -0.2) is 4.90 Å². The maximum atomic E-state index is 13.9. The zero-order chi connectivity index (χ0) is 29.0. The molecular weight excluding hydrogens is 591 g/mol. The lowest BCUT2D eigenvalue weighted by Gasteiger charge is -2.29. The minimum Gasteiger partial charge on any atom is -0.497 e. The number of fused-ring (bicyclic) bond motifs is 3. The van der Waals surface area contributed by atoms with Crippen LogP contribution in [-0.2, 0) is 20.9 Å². The van der Waals surface area contributed by atoms with Crippen LogP contribution in [0.3, 0.4) is 0 Å². The summed E-state index contributed by atoms with van der Waals surface area (Å²) in [4.78, 5) is 57.0. The molecule has 2 aliphatic heterocycles. The first-order valence-electron chi connectivity index (χ1n) is 13.2. The van der Waals surface area contributed by atoms with E-state index in [2.05, 4.69) is 5.32 Å². The number of thiazole rings is 1. The van der Waals surface area contributed by atoms with E-state index in [0.717, 1.165) is 27.0 Å². The molecule has 3 atom stereocenters. The summed E-state index contributed by atoms with van der Waals surface area (Å²) in [6, 6.07) is 24.1. The summed E-state index contributed by atoms with van der Waals surface area (Å²) < 4.78 is 6.68. The molecule has 1 fully saturated rings. The van der Waals surface area contributed by atoms with Crippen molar-refractivity contribution in [1.29, 1.82) is 0 Å². The highest BCUT2D eigenvalue weighted by Gasteiger charge is 2.57. The zero-order valence-electron chi connectivity index (χ0n) is 22.2. The smallest absolute Gasteiger partial charge is 0.308 e. The molecule has 0 spiro atoms. The van der Waals surface area contributed by atoms with Crippen molar-refractivity contribution in [1.82, 2.24) is 4.57 Å². The zero-order valence-corrected chi connectivity index (χ0v) is 24.6. The van der Waals surface area contributed by atoms with Crippen molar-refractivity contribution in [3.8, 4) is 5.75 Å². The summed E-state index contributed by atoms with van der Waals surface area (Å²) in [5.41, 5.74) is 1.13. The van der Waals surface area contributed by atoms with Gasteiger partial charge in [0.2, 0.25) is 17.7 Å². The molecule has 8 nitrogen and oxygen atoms in total. The molecule has 0 saturated carbocycles. The number of amides is 3. The van der Waals surface area contributed by atoms with Gasteiger partial charge in [0.15, 0.2) is 0 Å². The predicted molar refractivity (Wildman–Crippen MR) is 166 cm³/mol. The number of benzene rings is 3. The van der Waals surface area contributed by atoms with Gasteiger partial charge in [0.25, 0.3) is 0 Å². The monoisotopic (exact) mass is 613 g/mol. The summed E-state index contributed by atoms with van der Waals surface area (Å²) in [5, 5.41) is 6.60. The van der Waals surface area contributed by atoms with Crippen LogP contribution in [0.4, 0.5) is 11.4 Å². The van der Waals surface area contributed by atoms with E-state index in [1.54, 1.807) is 31.4 Å². The normalized spacial score (nSPS) is 19.5. The van der Waals surface area contributed by atoms with Gasteiger partial charge in [0, 0.05) is 26.7 Å². The summed E-state index contributed by atoms with van der Waals surface area (Å²) in [6.45, 7) is -0.209. The average Bonchev–Trinajstić information content (AvgIpc) is 3.70. The Morgan fingerprint density at radius 1 is 0.929 bits per heavy atom. The van der Waals surface area contributed by atoms with E-state index >= 15 is 0 Å². The Labute approximate surface area is 252 Å². The van der Waals surface area contributed by atoms with Crippen LogP contribution in [0.5, 0.6) is 5.75 Å². The van der Waals surface area contributed by atoms with Crippen LogP contribution in [0.2, 0.25) is 0 Å². The number of imide groups is 1. The molecule has 3 aromatic carbocycles. The van der Waals surface area contributed by atoms with Gasteiger partial charge in [-0.05, 0) is 47.2 Å². The molecule has 1 saturated heterocycles. The number of carbonyl (C=O) groups excluding carboxylic acids is 3. The molecule has 4 heterocycles. The quantitative estimate of drug-likeness (QED) is 0.252. The standard InChI is InChI=1S/C31H23N3O5S3/c1-39-19-13-11-18(12-14-19)34-28(36)25-24(22-10-5-15-40-22)27-30(41-26(25)29(34)37)33(31(38)42-27)16-23(35)32-21-9-4-7-17-6-2-3-8-20(17)21/h2-15,24-26H,16H2,1H3,(H,32,35)/t24-,25?,26?/m1/s1. The highest BCUT2D eigenvalue weighted by atomic mass is 32.2. The molecule has 2 aromatic heterocycles. The number of methoxy groups -OCH3 is 1. The van der Waals surface area contributed by atoms with Crippen LogP contribution in [0.15, 0.2) is 94.1 Å². The largest absolute Gasteiger partial charge is 0.497 e. The maximum absolute atomic E-state index is 13.9. The third-order valence-electron chi connectivity index (χ3n) is 7.60. The summed E-state index contributed by atoms with van der Waals surface area (Å²) in [5.74, 6) is -1.50. The maximum Gasteiger partial charge on any atom is 0.308 e. The third-order valence-corrected chi connectivity index (χ3v) is 11.2. The number of hydrogen-bond acceptors (Lipinski definition) is 8. The van der Waals surface area contributed by atoms with Gasteiger partial charge in [-0.3, -0.25) is 23.7 Å². The average molecular weight is 614 g/mol. The van der Waals surface area contributed by atoms with Crippen LogP contribution in [0.1, 0.15) is 15.7 Å². The van der Waals surface area contributed by atoms with Gasteiger partial charge in [0.1, 0.15) is 17.5 Å². The molecule has 0 aliphatic carbocycles. The number of nitrogens with zero attached hydrogens (tertiary/aromatic N) is 2. The van der Waals surface area contributed by atoms with Crippen LogP contribution in [-0.4, -0.2) is 34.6 Å². The summed E-state index contributed by atoms with van der Waals surface area (Å²) >= 11 is 3.74. The van der Waals surface area contributed by atoms with Crippen molar-refractivity contribution >= 4 is 74.3 Å². The van der Waals surface area contributed by atoms with Crippen LogP contribution in [0, 0.1) is 5.92 Å². The number of anilines is 2. The fourth-order valence-electron chi connectivity index (χ4n) is 5.68. The first kappa shape index (κ1) is 26.7. The van der Waals surface area contributed by atoms with Crippen LogP contribution >= 0.6 is 34.4 Å². The van der Waals surface area contributed by atoms with E-state index in [0.29, 0.717) is 27.0 Å². The van der Waals surface area contributed by atoms with E-state index in [1.165, 1.54) is 32.6 Å². The Kier molecular flexibility index (Phi) is 6.72. The Hall–Kier alpha value is -4.19. The van der Waals surface area contributed by atoms with Crippen molar-refractivity contribution < 1.29 is 19.1 Å². The molecule has 5 aromatic rings. The minimum absolute atomic E-state index is 0.209. The molecule has 210 valence electrons. The second-order valence-electron chi connectivity index (χ2n) is 9.97. The molecule has 11 heteroatoms. The lowest BCUT2D eigenvalue weighted by atomic mass is 9.87. The van der Waals surface area contributed by atoms with Crippen molar-refractivity contribution in [3.05, 3.63) is 104 Å². The van der Waals surface area contributed by atoms with E-state index in [-0.39, 0.29) is 29.1 Å². The number of thiophene rings is 1. The Morgan fingerprint density at radius 2 is 1.71 bits per heavy atom. The first-order valence-corrected chi connectivity index (χ1v) is 15.7. The van der Waals surface area contributed by atoms with Gasteiger partial charge in [-0.15, -0.1) is 11.3 Å².